The van der Waals surface area contributed by atoms with Gasteiger partial charge in [-0.1, -0.05) is 43.7 Å². The highest BCUT2D eigenvalue weighted by atomic mass is 16.6. The third-order valence-corrected chi connectivity index (χ3v) is 4.74. The fraction of sp³-hybridized carbons (Fsp3) is 0.529. The van der Waals surface area contributed by atoms with Crippen LogP contribution in [0.2, 0.25) is 0 Å². The van der Waals surface area contributed by atoms with E-state index in [1.54, 1.807) is 0 Å². The van der Waals surface area contributed by atoms with Crippen LogP contribution in [-0.4, -0.2) is 22.4 Å². The van der Waals surface area contributed by atoms with Crippen molar-refractivity contribution in [1.82, 2.24) is 0 Å². The van der Waals surface area contributed by atoms with Crippen molar-refractivity contribution < 1.29 is 9.84 Å². The second-order valence-electron chi connectivity index (χ2n) is 6.47. The molecule has 102 valence electrons. The van der Waals surface area contributed by atoms with Crippen LogP contribution in [0.15, 0.2) is 30.3 Å². The fourth-order valence-corrected chi connectivity index (χ4v) is 3.42. The Bertz CT molecular complexity index is 529. The van der Waals surface area contributed by atoms with Crippen LogP contribution in [0.1, 0.15) is 38.3 Å². The van der Waals surface area contributed by atoms with Gasteiger partial charge in [0.15, 0.2) is 0 Å². The molecule has 1 aromatic carbocycles. The molecule has 1 N–H and O–H groups in total. The second-order valence-corrected chi connectivity index (χ2v) is 6.47. The average Bonchev–Trinajstić information content (AvgIpc) is 2.79. The summed E-state index contributed by atoms with van der Waals surface area (Å²) in [7, 11) is 0. The Kier molecular flexibility index (Phi) is 2.67. The van der Waals surface area contributed by atoms with Gasteiger partial charge >= 0.3 is 0 Å². The first kappa shape index (κ1) is 12.9. The van der Waals surface area contributed by atoms with Gasteiger partial charge in [-0.3, -0.25) is 0 Å². The lowest BCUT2D eigenvalue weighted by Crippen LogP contribution is -2.35. The maximum absolute atomic E-state index is 10.2. The number of fused-ring (bicyclic) bond motifs is 2. The minimum atomic E-state index is -0.523. The van der Waals surface area contributed by atoms with E-state index in [1.807, 2.05) is 6.92 Å². The molecule has 2 aliphatic rings. The van der Waals surface area contributed by atoms with Gasteiger partial charge in [-0.05, 0) is 37.0 Å². The maximum atomic E-state index is 10.2. The first-order valence-electron chi connectivity index (χ1n) is 7.06. The zero-order valence-electron chi connectivity index (χ0n) is 12.1. The molecule has 0 amide bonds. The van der Waals surface area contributed by atoms with Gasteiger partial charge in [-0.2, -0.15) is 0 Å². The predicted molar refractivity (Wildman–Crippen MR) is 76.8 cm³/mol. The fourth-order valence-electron chi connectivity index (χ4n) is 3.42. The Morgan fingerprint density at radius 3 is 2.42 bits per heavy atom. The molecule has 1 fully saturated rings. The second kappa shape index (κ2) is 3.94. The van der Waals surface area contributed by atoms with Gasteiger partial charge in [0, 0.05) is 6.42 Å². The van der Waals surface area contributed by atoms with E-state index in [0.717, 1.165) is 0 Å². The molecule has 3 rings (SSSR count). The van der Waals surface area contributed by atoms with Crippen LogP contribution in [0, 0.1) is 12.8 Å². The standard InChI is InChI=1S/C17H22O2/c1-11(2)17-10-15(18)16(4,19-17)9-14(17)13-7-5-12(3)6-8-13/h5-9,11,15,18H,10H2,1-4H3/t15-,16+,17-/m1/s1. The molecule has 2 aliphatic heterocycles. The van der Waals surface area contributed by atoms with Crippen LogP contribution in [0.5, 0.6) is 0 Å². The Labute approximate surface area is 115 Å². The van der Waals surface area contributed by atoms with Crippen LogP contribution in [-0.2, 0) is 4.74 Å². The quantitative estimate of drug-likeness (QED) is 0.881. The number of aryl methyl sites for hydroxylation is 1. The van der Waals surface area contributed by atoms with E-state index in [9.17, 15) is 5.11 Å². The number of aliphatic hydroxyl groups excluding tert-OH is 1. The van der Waals surface area contributed by atoms with Crippen LogP contribution < -0.4 is 0 Å². The molecule has 0 aliphatic carbocycles. The van der Waals surface area contributed by atoms with E-state index < -0.39 is 11.7 Å². The zero-order chi connectivity index (χ0) is 13.8. The highest BCUT2D eigenvalue weighted by molar-refractivity contribution is 5.77. The lowest BCUT2D eigenvalue weighted by Gasteiger charge is -2.33. The molecule has 0 spiro atoms. The van der Waals surface area contributed by atoms with E-state index in [-0.39, 0.29) is 5.60 Å². The number of hydrogen-bond donors (Lipinski definition) is 1. The number of benzene rings is 1. The number of aliphatic hydroxyl groups is 1. The molecule has 2 heterocycles. The Balaban J connectivity index is 2.10. The van der Waals surface area contributed by atoms with Crippen molar-refractivity contribution in [3.05, 3.63) is 41.5 Å². The van der Waals surface area contributed by atoms with Crippen molar-refractivity contribution in [3.8, 4) is 0 Å². The topological polar surface area (TPSA) is 29.5 Å². The molecule has 0 aromatic heterocycles. The largest absolute Gasteiger partial charge is 0.390 e. The molecule has 1 aromatic rings. The summed E-state index contributed by atoms with van der Waals surface area (Å²) in [6.45, 7) is 8.43. The summed E-state index contributed by atoms with van der Waals surface area (Å²) >= 11 is 0. The van der Waals surface area contributed by atoms with Gasteiger partial charge in [0.2, 0.25) is 0 Å². The Hall–Kier alpha value is -1.12. The summed E-state index contributed by atoms with van der Waals surface area (Å²) in [5.41, 5.74) is 2.87. The molecule has 19 heavy (non-hydrogen) atoms. The lowest BCUT2D eigenvalue weighted by atomic mass is 9.73. The Morgan fingerprint density at radius 1 is 1.26 bits per heavy atom. The summed E-state index contributed by atoms with van der Waals surface area (Å²) in [6.07, 6.45) is 2.43. The SMILES string of the molecule is Cc1ccc(C2=C[C@]3(C)O[C@@]2(C(C)C)C[C@H]3O)cc1. The van der Waals surface area contributed by atoms with Crippen LogP contribution in [0.3, 0.4) is 0 Å². The van der Waals surface area contributed by atoms with Crippen molar-refractivity contribution in [2.24, 2.45) is 5.92 Å². The summed E-state index contributed by atoms with van der Waals surface area (Å²) < 4.78 is 6.28. The minimum absolute atomic E-state index is 0.330. The molecule has 0 saturated carbocycles. The summed E-state index contributed by atoms with van der Waals surface area (Å²) in [5, 5.41) is 10.2. The van der Waals surface area contributed by atoms with Gasteiger partial charge in [-0.25, -0.2) is 0 Å². The first-order chi connectivity index (χ1) is 8.87. The van der Waals surface area contributed by atoms with E-state index in [4.69, 9.17) is 4.74 Å². The Morgan fingerprint density at radius 2 is 1.89 bits per heavy atom. The van der Waals surface area contributed by atoms with E-state index >= 15 is 0 Å². The van der Waals surface area contributed by atoms with Gasteiger partial charge in [-0.15, -0.1) is 0 Å². The van der Waals surface area contributed by atoms with Crippen LogP contribution >= 0.6 is 0 Å². The molecule has 3 atom stereocenters. The molecule has 1 saturated heterocycles. The maximum Gasteiger partial charge on any atom is 0.111 e. The van der Waals surface area contributed by atoms with Gasteiger partial charge < -0.3 is 9.84 Å². The van der Waals surface area contributed by atoms with Crippen LogP contribution in [0.25, 0.3) is 5.57 Å². The molecule has 2 bridgehead atoms. The lowest BCUT2D eigenvalue weighted by molar-refractivity contribution is -0.0621. The van der Waals surface area contributed by atoms with Gasteiger partial charge in [0.25, 0.3) is 0 Å². The predicted octanol–water partition coefficient (Wildman–Crippen LogP) is 3.33. The number of hydrogen-bond acceptors (Lipinski definition) is 2. The number of rotatable bonds is 2. The first-order valence-corrected chi connectivity index (χ1v) is 7.06. The third-order valence-electron chi connectivity index (χ3n) is 4.74. The van der Waals surface area contributed by atoms with Crippen molar-refractivity contribution in [3.63, 3.8) is 0 Å². The molecule has 2 nitrogen and oxygen atoms in total. The van der Waals surface area contributed by atoms with Crippen molar-refractivity contribution >= 4 is 5.57 Å². The average molecular weight is 258 g/mol. The monoisotopic (exact) mass is 258 g/mol. The van der Waals surface area contributed by atoms with Crippen molar-refractivity contribution in [2.45, 2.75) is 51.4 Å². The molecule has 0 radical (unpaired) electrons. The molecule has 0 unspecified atom stereocenters. The van der Waals surface area contributed by atoms with E-state index in [2.05, 4.69) is 51.1 Å². The molecular formula is C17H22O2. The van der Waals surface area contributed by atoms with Gasteiger partial charge in [0.1, 0.15) is 5.60 Å². The minimum Gasteiger partial charge on any atom is -0.390 e. The van der Waals surface area contributed by atoms with Crippen molar-refractivity contribution in [1.29, 1.82) is 0 Å². The highest BCUT2D eigenvalue weighted by Gasteiger charge is 2.60. The molecular weight excluding hydrogens is 236 g/mol. The highest BCUT2D eigenvalue weighted by Crippen LogP contribution is 2.56. The van der Waals surface area contributed by atoms with Gasteiger partial charge in [0.05, 0.1) is 11.7 Å². The summed E-state index contributed by atoms with van der Waals surface area (Å²) in [4.78, 5) is 0. The normalized spacial score (nSPS) is 36.9. The number of ether oxygens (including phenoxy) is 1. The van der Waals surface area contributed by atoms with E-state index in [0.29, 0.717) is 12.3 Å². The third kappa shape index (κ3) is 1.70. The van der Waals surface area contributed by atoms with Crippen molar-refractivity contribution in [2.75, 3.05) is 0 Å². The smallest absolute Gasteiger partial charge is 0.111 e. The zero-order valence-corrected chi connectivity index (χ0v) is 12.1. The summed E-state index contributed by atoms with van der Waals surface area (Å²) in [6, 6.07) is 8.58. The van der Waals surface area contributed by atoms with E-state index in [1.165, 1.54) is 16.7 Å². The summed E-state index contributed by atoms with van der Waals surface area (Å²) in [5.74, 6) is 0.346. The molecule has 2 heteroatoms. The van der Waals surface area contributed by atoms with Crippen LogP contribution in [0.4, 0.5) is 0 Å².